The number of rotatable bonds is 3. The molecule has 0 bridgehead atoms. The summed E-state index contributed by atoms with van der Waals surface area (Å²) in [6.45, 7) is 1.63. The number of nitrogens with zero attached hydrogens (tertiary/aromatic N) is 2. The number of carbonyl (C=O) groups excluding carboxylic acids is 1. The van der Waals surface area contributed by atoms with Gasteiger partial charge in [0.1, 0.15) is 5.54 Å². The predicted octanol–water partition coefficient (Wildman–Crippen LogP) is 2.36. The first-order valence-corrected chi connectivity index (χ1v) is 7.78. The van der Waals surface area contributed by atoms with E-state index in [1.54, 1.807) is 10.9 Å². The summed E-state index contributed by atoms with van der Waals surface area (Å²) in [5, 5.41) is 10.6. The quantitative estimate of drug-likeness (QED) is 0.895. The van der Waals surface area contributed by atoms with Crippen molar-refractivity contribution in [1.29, 1.82) is 0 Å². The molecule has 0 aliphatic carbocycles. The Balaban J connectivity index is 1.86. The fourth-order valence-electron chi connectivity index (χ4n) is 2.70. The molecule has 0 saturated carbocycles. The molecule has 2 heterocycles. The van der Waals surface area contributed by atoms with Crippen LogP contribution in [0.25, 0.3) is 0 Å². The van der Waals surface area contributed by atoms with Crippen LogP contribution in [0.3, 0.4) is 0 Å². The number of anilines is 1. The average Bonchev–Trinajstić information content (AvgIpc) is 3.05. The van der Waals surface area contributed by atoms with Gasteiger partial charge in [-0.1, -0.05) is 15.9 Å². The molecule has 1 aromatic carbocycles. The number of hydrogen-bond donors (Lipinski definition) is 2. The molecule has 21 heavy (non-hydrogen) atoms. The van der Waals surface area contributed by atoms with Gasteiger partial charge in [0, 0.05) is 22.6 Å². The molecule has 1 saturated heterocycles. The number of amides is 1. The van der Waals surface area contributed by atoms with Gasteiger partial charge in [0.25, 0.3) is 5.91 Å². The van der Waals surface area contributed by atoms with Gasteiger partial charge in [-0.05, 0) is 56.3 Å². The van der Waals surface area contributed by atoms with Crippen molar-refractivity contribution in [2.24, 2.45) is 0 Å². The van der Waals surface area contributed by atoms with E-state index in [4.69, 9.17) is 0 Å². The van der Waals surface area contributed by atoms with E-state index in [9.17, 15) is 4.79 Å². The molecule has 0 unspecified atom stereocenters. The topological polar surface area (TPSA) is 59.0 Å². The first-order chi connectivity index (χ1) is 10.2. The fraction of sp³-hybridized carbons (Fsp3) is 0.333. The minimum Gasteiger partial charge on any atom is -0.324 e. The normalized spacial score (nSPS) is 17.4. The van der Waals surface area contributed by atoms with E-state index in [0.29, 0.717) is 0 Å². The number of carbonyl (C=O) groups is 1. The Hall–Kier alpha value is -1.66. The Morgan fingerprint density at radius 2 is 2.00 bits per heavy atom. The summed E-state index contributed by atoms with van der Waals surface area (Å²) in [6.07, 6.45) is 5.05. The third-order valence-corrected chi connectivity index (χ3v) is 4.43. The Morgan fingerprint density at radius 3 is 2.62 bits per heavy atom. The van der Waals surface area contributed by atoms with Crippen LogP contribution in [0.4, 0.5) is 5.69 Å². The van der Waals surface area contributed by atoms with Crippen molar-refractivity contribution < 1.29 is 4.79 Å². The van der Waals surface area contributed by atoms with Crippen molar-refractivity contribution in [2.45, 2.75) is 18.4 Å². The van der Waals surface area contributed by atoms with Crippen LogP contribution in [0.1, 0.15) is 12.8 Å². The fourth-order valence-corrected chi connectivity index (χ4v) is 2.97. The van der Waals surface area contributed by atoms with E-state index in [-0.39, 0.29) is 5.91 Å². The van der Waals surface area contributed by atoms with Gasteiger partial charge in [-0.25, -0.2) is 0 Å². The molecule has 0 spiro atoms. The van der Waals surface area contributed by atoms with Crippen LogP contribution in [-0.2, 0) is 10.3 Å². The van der Waals surface area contributed by atoms with Crippen molar-refractivity contribution in [1.82, 2.24) is 15.1 Å². The number of halogens is 1. The molecule has 2 N–H and O–H groups in total. The maximum Gasteiger partial charge on any atom is 0.252 e. The SMILES string of the molecule is O=C(Nc1ccc(Br)cc1)C1(n2cccn2)CCNCC1. The molecular weight excluding hydrogens is 332 g/mol. The van der Waals surface area contributed by atoms with Crippen molar-refractivity contribution in [3.8, 4) is 0 Å². The zero-order valence-corrected chi connectivity index (χ0v) is 13.1. The number of aromatic nitrogens is 2. The summed E-state index contributed by atoms with van der Waals surface area (Å²) in [5.74, 6) is -0.00461. The van der Waals surface area contributed by atoms with E-state index >= 15 is 0 Å². The van der Waals surface area contributed by atoms with Gasteiger partial charge in [-0.3, -0.25) is 9.48 Å². The molecule has 1 amide bonds. The van der Waals surface area contributed by atoms with Crippen LogP contribution < -0.4 is 10.6 Å². The number of benzene rings is 1. The lowest BCUT2D eigenvalue weighted by Crippen LogP contribution is -2.52. The van der Waals surface area contributed by atoms with Crippen LogP contribution in [0.2, 0.25) is 0 Å². The summed E-state index contributed by atoms with van der Waals surface area (Å²) in [4.78, 5) is 12.9. The minimum atomic E-state index is -0.609. The summed E-state index contributed by atoms with van der Waals surface area (Å²) >= 11 is 3.40. The third-order valence-electron chi connectivity index (χ3n) is 3.90. The lowest BCUT2D eigenvalue weighted by atomic mass is 9.87. The molecule has 110 valence electrons. The minimum absolute atomic E-state index is 0.00461. The number of piperidine rings is 1. The Morgan fingerprint density at radius 1 is 1.29 bits per heavy atom. The van der Waals surface area contributed by atoms with Crippen LogP contribution in [0.15, 0.2) is 47.2 Å². The van der Waals surface area contributed by atoms with Gasteiger partial charge in [0.15, 0.2) is 0 Å². The molecule has 6 heteroatoms. The molecule has 5 nitrogen and oxygen atoms in total. The van der Waals surface area contributed by atoms with E-state index in [1.165, 1.54) is 0 Å². The second-order valence-corrected chi connectivity index (χ2v) is 6.11. The van der Waals surface area contributed by atoms with Crippen LogP contribution in [-0.4, -0.2) is 28.8 Å². The monoisotopic (exact) mass is 348 g/mol. The molecule has 1 aliphatic heterocycles. The van der Waals surface area contributed by atoms with Gasteiger partial charge >= 0.3 is 0 Å². The van der Waals surface area contributed by atoms with Crippen LogP contribution in [0, 0.1) is 0 Å². The van der Waals surface area contributed by atoms with E-state index in [2.05, 4.69) is 31.7 Å². The molecule has 1 aromatic heterocycles. The highest BCUT2D eigenvalue weighted by Gasteiger charge is 2.41. The van der Waals surface area contributed by atoms with E-state index < -0.39 is 5.54 Å². The van der Waals surface area contributed by atoms with E-state index in [1.807, 2.05) is 36.5 Å². The van der Waals surface area contributed by atoms with Gasteiger partial charge < -0.3 is 10.6 Å². The molecule has 1 aliphatic rings. The van der Waals surface area contributed by atoms with Gasteiger partial charge in [-0.15, -0.1) is 0 Å². The first-order valence-electron chi connectivity index (χ1n) is 6.99. The molecule has 0 atom stereocenters. The van der Waals surface area contributed by atoms with Crippen molar-refractivity contribution in [3.63, 3.8) is 0 Å². The summed E-state index contributed by atoms with van der Waals surface area (Å²) in [6, 6.07) is 9.47. The summed E-state index contributed by atoms with van der Waals surface area (Å²) in [5.41, 5.74) is 0.190. The van der Waals surface area contributed by atoms with Crippen molar-refractivity contribution >= 4 is 27.5 Å². The Labute approximate surface area is 131 Å². The standard InChI is InChI=1S/C15H17BrN4O/c16-12-2-4-13(5-3-12)19-14(21)15(6-9-17-10-7-15)20-11-1-8-18-20/h1-5,8,11,17H,6-7,9-10H2,(H,19,21). The van der Waals surface area contributed by atoms with Crippen LogP contribution in [0.5, 0.6) is 0 Å². The zero-order chi connectivity index (χ0) is 14.7. The van der Waals surface area contributed by atoms with Crippen LogP contribution >= 0.6 is 15.9 Å². The summed E-state index contributed by atoms with van der Waals surface area (Å²) < 4.78 is 2.78. The molecule has 0 radical (unpaired) electrons. The lowest BCUT2D eigenvalue weighted by Gasteiger charge is -2.36. The highest BCUT2D eigenvalue weighted by molar-refractivity contribution is 9.10. The second-order valence-electron chi connectivity index (χ2n) is 5.19. The zero-order valence-electron chi connectivity index (χ0n) is 11.6. The van der Waals surface area contributed by atoms with Gasteiger partial charge in [0.2, 0.25) is 0 Å². The number of hydrogen-bond acceptors (Lipinski definition) is 3. The first kappa shape index (κ1) is 14.3. The maximum atomic E-state index is 12.9. The van der Waals surface area contributed by atoms with E-state index in [0.717, 1.165) is 36.1 Å². The van der Waals surface area contributed by atoms with Crippen molar-refractivity contribution in [2.75, 3.05) is 18.4 Å². The van der Waals surface area contributed by atoms with Gasteiger partial charge in [0.05, 0.1) is 0 Å². The van der Waals surface area contributed by atoms with Gasteiger partial charge in [-0.2, -0.15) is 5.10 Å². The second kappa shape index (κ2) is 5.99. The molecule has 1 fully saturated rings. The third kappa shape index (κ3) is 2.87. The predicted molar refractivity (Wildman–Crippen MR) is 85.1 cm³/mol. The lowest BCUT2D eigenvalue weighted by molar-refractivity contribution is -0.126. The molecule has 2 aromatic rings. The highest BCUT2D eigenvalue weighted by atomic mass is 79.9. The molecular formula is C15H17BrN4O. The van der Waals surface area contributed by atoms with Crippen molar-refractivity contribution in [3.05, 3.63) is 47.2 Å². The molecule has 3 rings (SSSR count). The average molecular weight is 349 g/mol. The largest absolute Gasteiger partial charge is 0.324 e. The Kier molecular flexibility index (Phi) is 4.07. The smallest absolute Gasteiger partial charge is 0.252 e. The summed E-state index contributed by atoms with van der Waals surface area (Å²) in [7, 11) is 0. The maximum absolute atomic E-state index is 12.9. The number of nitrogens with one attached hydrogen (secondary N) is 2. The Bertz CT molecular complexity index is 603. The highest BCUT2D eigenvalue weighted by Crippen LogP contribution is 2.28.